The lowest BCUT2D eigenvalue weighted by Crippen LogP contribution is -2.40. The molecule has 0 radical (unpaired) electrons. The van der Waals surface area contributed by atoms with Crippen molar-refractivity contribution in [1.29, 1.82) is 0 Å². The van der Waals surface area contributed by atoms with Gasteiger partial charge in [0.25, 0.3) is 0 Å². The number of rotatable bonds is 7. The smallest absolute Gasteiger partial charge is 0.359 e. The molecule has 0 saturated carbocycles. The number of morpholine rings is 1. The van der Waals surface area contributed by atoms with Gasteiger partial charge in [-0.25, -0.2) is 18.2 Å². The number of carbonyl (C=O) groups is 1. The number of aryl methyl sites for hydroxylation is 1. The third-order valence-electron chi connectivity index (χ3n) is 5.85. The Labute approximate surface area is 196 Å². The number of nitrogens with zero attached hydrogens (tertiary/aromatic N) is 4. The fraction of sp³-hybridized carbons (Fsp3) is 0.348. The van der Waals surface area contributed by atoms with Gasteiger partial charge in [0.15, 0.2) is 5.69 Å². The normalized spacial score (nSPS) is 15.2. The number of aromatic nitrogens is 4. The van der Waals surface area contributed by atoms with Crippen molar-refractivity contribution in [2.45, 2.75) is 31.4 Å². The van der Waals surface area contributed by atoms with E-state index in [4.69, 9.17) is 9.47 Å². The van der Waals surface area contributed by atoms with E-state index in [1.807, 2.05) is 29.7 Å². The van der Waals surface area contributed by atoms with Gasteiger partial charge in [-0.3, -0.25) is 5.10 Å². The number of hydrogen-bond donors (Lipinski definition) is 1. The number of para-hydroxylation sites is 1. The summed E-state index contributed by atoms with van der Waals surface area (Å²) in [5.74, 6) is -0.00546. The van der Waals surface area contributed by atoms with Crippen LogP contribution in [-0.4, -0.2) is 64.7 Å². The van der Waals surface area contributed by atoms with Gasteiger partial charge < -0.3 is 14.0 Å². The van der Waals surface area contributed by atoms with Crippen LogP contribution in [-0.2, 0) is 32.6 Å². The van der Waals surface area contributed by atoms with E-state index in [0.717, 1.165) is 17.5 Å². The highest BCUT2D eigenvalue weighted by atomic mass is 32.2. The summed E-state index contributed by atoms with van der Waals surface area (Å²) < 4.78 is 40.3. The van der Waals surface area contributed by atoms with E-state index in [-0.39, 0.29) is 17.2 Å². The second kappa shape index (κ2) is 9.16. The minimum Gasteiger partial charge on any atom is -0.453 e. The van der Waals surface area contributed by atoms with Gasteiger partial charge in [-0.15, -0.1) is 0 Å². The largest absolute Gasteiger partial charge is 0.453 e. The molecular weight excluding hydrogens is 458 g/mol. The van der Waals surface area contributed by atoms with E-state index in [9.17, 15) is 13.2 Å². The van der Waals surface area contributed by atoms with Crippen molar-refractivity contribution in [3.63, 3.8) is 0 Å². The van der Waals surface area contributed by atoms with Crippen molar-refractivity contribution in [2.24, 2.45) is 0 Å². The Morgan fingerprint density at radius 3 is 2.76 bits per heavy atom. The summed E-state index contributed by atoms with van der Waals surface area (Å²) >= 11 is 0. The molecule has 0 spiro atoms. The number of esters is 1. The monoisotopic (exact) mass is 483 g/mol. The molecule has 1 saturated heterocycles. The molecule has 10 nitrogen and oxygen atoms in total. The van der Waals surface area contributed by atoms with Gasteiger partial charge in [-0.05, 0) is 30.7 Å². The highest BCUT2D eigenvalue weighted by Gasteiger charge is 2.27. The van der Waals surface area contributed by atoms with Gasteiger partial charge in [-0.1, -0.05) is 25.1 Å². The number of sulfonamides is 1. The lowest BCUT2D eigenvalue weighted by molar-refractivity contribution is 0.0453. The van der Waals surface area contributed by atoms with E-state index in [1.54, 1.807) is 24.3 Å². The van der Waals surface area contributed by atoms with Crippen LogP contribution in [0.25, 0.3) is 21.9 Å². The zero-order valence-corrected chi connectivity index (χ0v) is 19.5. The van der Waals surface area contributed by atoms with Crippen LogP contribution in [0.1, 0.15) is 29.7 Å². The predicted molar refractivity (Wildman–Crippen MR) is 125 cm³/mol. The number of ether oxygens (including phenoxy) is 2. The van der Waals surface area contributed by atoms with Crippen LogP contribution in [0.4, 0.5) is 0 Å². The first-order valence-electron chi connectivity index (χ1n) is 11.2. The molecule has 0 unspecified atom stereocenters. The molecule has 3 heterocycles. The molecule has 4 aromatic rings. The van der Waals surface area contributed by atoms with Crippen LogP contribution in [0.3, 0.4) is 0 Å². The lowest BCUT2D eigenvalue weighted by atomic mass is 10.2. The highest BCUT2D eigenvalue weighted by molar-refractivity contribution is 7.89. The second-order valence-corrected chi connectivity index (χ2v) is 9.98. The molecule has 34 heavy (non-hydrogen) atoms. The maximum absolute atomic E-state index is 13.1. The average molecular weight is 484 g/mol. The highest BCUT2D eigenvalue weighted by Crippen LogP contribution is 2.25. The van der Waals surface area contributed by atoms with Crippen molar-refractivity contribution < 1.29 is 22.7 Å². The SMILES string of the molecule is CCCn1c(COC(=O)c2n[nH]c3ccccc23)nc2cc(S(=O)(=O)N3CCOCC3)ccc21. The van der Waals surface area contributed by atoms with E-state index < -0.39 is 16.0 Å². The van der Waals surface area contributed by atoms with Gasteiger partial charge >= 0.3 is 5.97 Å². The van der Waals surface area contributed by atoms with Crippen molar-refractivity contribution >= 4 is 37.9 Å². The van der Waals surface area contributed by atoms with Crippen molar-refractivity contribution in [3.8, 4) is 0 Å². The van der Waals surface area contributed by atoms with Gasteiger partial charge in [0.1, 0.15) is 12.4 Å². The van der Waals surface area contributed by atoms with Crippen LogP contribution in [0, 0.1) is 0 Å². The topological polar surface area (TPSA) is 119 Å². The van der Waals surface area contributed by atoms with Crippen LogP contribution in [0.5, 0.6) is 0 Å². The van der Waals surface area contributed by atoms with Gasteiger partial charge in [0, 0.05) is 25.0 Å². The minimum atomic E-state index is -3.64. The Morgan fingerprint density at radius 1 is 1.18 bits per heavy atom. The zero-order chi connectivity index (χ0) is 23.7. The zero-order valence-electron chi connectivity index (χ0n) is 18.7. The third kappa shape index (κ3) is 4.06. The summed E-state index contributed by atoms with van der Waals surface area (Å²) in [4.78, 5) is 17.5. The number of benzene rings is 2. The standard InChI is InChI=1S/C23H25N5O5S/c1-2-9-28-20-8-7-16(34(30,31)27-10-12-32-13-11-27)14-19(20)24-21(28)15-33-23(29)22-17-5-3-4-6-18(17)25-26-22/h3-8,14H,2,9-13,15H2,1H3,(H,25,26). The molecule has 11 heteroatoms. The number of imidazole rings is 1. The summed E-state index contributed by atoms with van der Waals surface area (Å²) in [6.07, 6.45) is 0.838. The summed E-state index contributed by atoms with van der Waals surface area (Å²) in [6, 6.07) is 12.3. The lowest BCUT2D eigenvalue weighted by Gasteiger charge is -2.26. The summed E-state index contributed by atoms with van der Waals surface area (Å²) in [5, 5.41) is 7.60. The van der Waals surface area contributed by atoms with E-state index in [0.29, 0.717) is 49.6 Å². The minimum absolute atomic E-state index is 0.0553. The fourth-order valence-electron chi connectivity index (χ4n) is 4.16. The molecule has 1 aliphatic heterocycles. The molecule has 5 rings (SSSR count). The van der Waals surface area contributed by atoms with Crippen molar-refractivity contribution in [2.75, 3.05) is 26.3 Å². The molecule has 0 bridgehead atoms. The average Bonchev–Trinajstić information content (AvgIpc) is 3.44. The van der Waals surface area contributed by atoms with Gasteiger partial charge in [-0.2, -0.15) is 9.40 Å². The van der Waals surface area contributed by atoms with Crippen LogP contribution >= 0.6 is 0 Å². The van der Waals surface area contributed by atoms with E-state index >= 15 is 0 Å². The quantitative estimate of drug-likeness (QED) is 0.401. The molecule has 2 aromatic carbocycles. The van der Waals surface area contributed by atoms with Gasteiger partial charge in [0.05, 0.1) is 34.7 Å². The predicted octanol–water partition coefficient (Wildman–Crippen LogP) is 2.70. The van der Waals surface area contributed by atoms with E-state index in [1.165, 1.54) is 4.31 Å². The molecule has 1 N–H and O–H groups in total. The molecule has 1 aliphatic rings. The molecule has 0 aliphatic carbocycles. The Morgan fingerprint density at radius 2 is 1.97 bits per heavy atom. The first-order valence-corrected chi connectivity index (χ1v) is 12.6. The van der Waals surface area contributed by atoms with Crippen LogP contribution in [0.15, 0.2) is 47.4 Å². The molecule has 1 fully saturated rings. The Kier molecular flexibility index (Phi) is 6.07. The molecule has 2 aromatic heterocycles. The van der Waals surface area contributed by atoms with Crippen LogP contribution in [0.2, 0.25) is 0 Å². The summed E-state index contributed by atoms with van der Waals surface area (Å²) in [5.41, 5.74) is 2.30. The Balaban J connectivity index is 1.42. The van der Waals surface area contributed by atoms with Gasteiger partial charge in [0.2, 0.25) is 10.0 Å². The second-order valence-electron chi connectivity index (χ2n) is 8.04. The number of aromatic amines is 1. The maximum Gasteiger partial charge on any atom is 0.359 e. The first-order chi connectivity index (χ1) is 16.5. The van der Waals surface area contributed by atoms with Crippen LogP contribution < -0.4 is 0 Å². The van der Waals surface area contributed by atoms with E-state index in [2.05, 4.69) is 15.2 Å². The Bertz CT molecular complexity index is 1450. The molecule has 178 valence electrons. The number of nitrogens with one attached hydrogen (secondary N) is 1. The molecular formula is C23H25N5O5S. The van der Waals surface area contributed by atoms with Crippen molar-refractivity contribution in [3.05, 3.63) is 54.0 Å². The number of H-pyrrole nitrogens is 1. The summed E-state index contributed by atoms with van der Waals surface area (Å²) in [6.45, 7) is 4.06. The fourth-order valence-corrected chi connectivity index (χ4v) is 5.59. The maximum atomic E-state index is 13.1. The first kappa shape index (κ1) is 22.5. The van der Waals surface area contributed by atoms with Crippen molar-refractivity contribution in [1.82, 2.24) is 24.1 Å². The third-order valence-corrected chi connectivity index (χ3v) is 7.74. The molecule has 0 atom stereocenters. The Hall–Kier alpha value is -3.28. The summed E-state index contributed by atoms with van der Waals surface area (Å²) in [7, 11) is -3.64. The number of fused-ring (bicyclic) bond motifs is 2. The number of hydrogen-bond acceptors (Lipinski definition) is 7. The molecule has 0 amide bonds. The number of carbonyl (C=O) groups excluding carboxylic acids is 1.